The minimum absolute atomic E-state index is 0.0340. The Hall–Kier alpha value is -3.07. The molecule has 174 valence electrons. The summed E-state index contributed by atoms with van der Waals surface area (Å²) in [6.45, 7) is 0.476. The Balaban J connectivity index is 1.48. The van der Waals surface area contributed by atoms with E-state index in [4.69, 9.17) is 0 Å². The predicted molar refractivity (Wildman–Crippen MR) is 117 cm³/mol. The Bertz CT molecular complexity index is 1200. The van der Waals surface area contributed by atoms with Crippen LogP contribution in [0.2, 0.25) is 0 Å². The number of nitrogens with one attached hydrogen (secondary N) is 1. The second kappa shape index (κ2) is 8.70. The summed E-state index contributed by atoms with van der Waals surface area (Å²) < 4.78 is 45.4. The first-order valence-electron chi connectivity index (χ1n) is 11.3. The second-order valence-electron chi connectivity index (χ2n) is 8.87. The first-order chi connectivity index (χ1) is 15.9. The van der Waals surface area contributed by atoms with Gasteiger partial charge in [0, 0.05) is 24.3 Å². The number of aromatic nitrogens is 2. The first kappa shape index (κ1) is 21.8. The molecule has 2 N–H and O–H groups in total. The van der Waals surface area contributed by atoms with Crippen LogP contribution in [0.5, 0.6) is 0 Å². The van der Waals surface area contributed by atoms with Crippen LogP contribution in [0.1, 0.15) is 60.5 Å². The maximum Gasteiger partial charge on any atom is 0.255 e. The number of fused-ring (bicyclic) bond motifs is 1. The largest absolute Gasteiger partial charge is 0.393 e. The number of pyridine rings is 1. The van der Waals surface area contributed by atoms with Crippen LogP contribution >= 0.6 is 0 Å². The van der Waals surface area contributed by atoms with Gasteiger partial charge in [0.05, 0.1) is 29.6 Å². The zero-order chi connectivity index (χ0) is 23.1. The van der Waals surface area contributed by atoms with Crippen molar-refractivity contribution >= 4 is 17.1 Å². The lowest BCUT2D eigenvalue weighted by Crippen LogP contribution is -2.39. The SMILES string of the molecule is O=C(NC1CCCC(O)C1)c1cnn2ccc(N3CCC[C@@H]3c3cc(F)ccc3F)c(F)c12. The van der Waals surface area contributed by atoms with Gasteiger partial charge in [0.25, 0.3) is 5.91 Å². The quantitative estimate of drug-likeness (QED) is 0.617. The van der Waals surface area contributed by atoms with Gasteiger partial charge in [-0.05, 0) is 62.8 Å². The van der Waals surface area contributed by atoms with Crippen molar-refractivity contribution in [3.8, 4) is 0 Å². The molecule has 2 unspecified atom stereocenters. The third kappa shape index (κ3) is 4.06. The van der Waals surface area contributed by atoms with E-state index in [2.05, 4.69) is 10.4 Å². The summed E-state index contributed by atoms with van der Waals surface area (Å²) in [6, 6.07) is 4.16. The van der Waals surface area contributed by atoms with Crippen molar-refractivity contribution in [3.05, 3.63) is 65.2 Å². The Morgan fingerprint density at radius 3 is 2.79 bits per heavy atom. The molecule has 6 nitrogen and oxygen atoms in total. The predicted octanol–water partition coefficient (Wildman–Crippen LogP) is 4.13. The maximum atomic E-state index is 15.8. The molecule has 2 fully saturated rings. The Morgan fingerprint density at radius 1 is 1.12 bits per heavy atom. The standard InChI is InChI=1S/C24H25F3N4O2/c25-14-6-7-19(26)17(11-14)20-5-2-9-30(20)21-8-10-31-23(22(21)27)18(13-28-31)24(33)29-15-3-1-4-16(32)12-15/h6-8,10-11,13,15-16,20,32H,1-5,9,12H2,(H,29,33)/t15?,16?,20-/m1/s1. The topological polar surface area (TPSA) is 69.9 Å². The van der Waals surface area contributed by atoms with Gasteiger partial charge in [0.2, 0.25) is 0 Å². The third-order valence-corrected chi connectivity index (χ3v) is 6.71. The Kier molecular flexibility index (Phi) is 5.74. The van der Waals surface area contributed by atoms with Crippen LogP contribution in [0.3, 0.4) is 0 Å². The van der Waals surface area contributed by atoms with Gasteiger partial charge in [0.15, 0.2) is 5.82 Å². The highest BCUT2D eigenvalue weighted by Gasteiger charge is 2.32. The van der Waals surface area contributed by atoms with E-state index >= 15 is 4.39 Å². The second-order valence-corrected chi connectivity index (χ2v) is 8.87. The smallest absolute Gasteiger partial charge is 0.255 e. The summed E-state index contributed by atoms with van der Waals surface area (Å²) >= 11 is 0. The number of carbonyl (C=O) groups is 1. The molecule has 3 aromatic rings. The van der Waals surface area contributed by atoms with Crippen molar-refractivity contribution < 1.29 is 23.1 Å². The minimum atomic E-state index is -0.632. The number of rotatable bonds is 4. The van der Waals surface area contributed by atoms with Crippen molar-refractivity contribution in [2.75, 3.05) is 11.4 Å². The van der Waals surface area contributed by atoms with Gasteiger partial charge >= 0.3 is 0 Å². The van der Waals surface area contributed by atoms with E-state index < -0.39 is 35.5 Å². The van der Waals surface area contributed by atoms with E-state index in [1.54, 1.807) is 17.2 Å². The summed E-state index contributed by atoms with van der Waals surface area (Å²) in [6.07, 6.45) is 6.43. The molecule has 1 aromatic carbocycles. The molecule has 33 heavy (non-hydrogen) atoms. The van der Waals surface area contributed by atoms with E-state index in [0.717, 1.165) is 31.0 Å². The highest BCUT2D eigenvalue weighted by atomic mass is 19.1. The molecule has 0 spiro atoms. The van der Waals surface area contributed by atoms with Gasteiger partial charge in [0.1, 0.15) is 17.2 Å². The van der Waals surface area contributed by atoms with Crippen molar-refractivity contribution in [2.45, 2.75) is 56.7 Å². The van der Waals surface area contributed by atoms with Crippen molar-refractivity contribution in [3.63, 3.8) is 0 Å². The van der Waals surface area contributed by atoms with Crippen LogP contribution in [-0.4, -0.2) is 39.3 Å². The first-order valence-corrected chi connectivity index (χ1v) is 11.3. The summed E-state index contributed by atoms with van der Waals surface area (Å²) in [5.74, 6) is -2.16. The zero-order valence-electron chi connectivity index (χ0n) is 18.0. The van der Waals surface area contributed by atoms with Gasteiger partial charge in [-0.1, -0.05) is 0 Å². The molecule has 1 saturated heterocycles. The van der Waals surface area contributed by atoms with E-state index in [-0.39, 0.29) is 28.4 Å². The number of benzene rings is 1. The molecule has 1 aliphatic heterocycles. The molecule has 3 heterocycles. The summed E-state index contributed by atoms with van der Waals surface area (Å²) in [7, 11) is 0. The normalized spacial score (nSPS) is 23.3. The van der Waals surface area contributed by atoms with E-state index in [1.807, 2.05) is 0 Å². The van der Waals surface area contributed by atoms with Crippen LogP contribution in [0.15, 0.2) is 36.7 Å². The Morgan fingerprint density at radius 2 is 1.97 bits per heavy atom. The number of hydrogen-bond acceptors (Lipinski definition) is 4. The van der Waals surface area contributed by atoms with Crippen molar-refractivity contribution in [2.24, 2.45) is 0 Å². The molecular formula is C24H25F3N4O2. The molecular weight excluding hydrogens is 433 g/mol. The molecule has 9 heteroatoms. The van der Waals surface area contributed by atoms with E-state index in [9.17, 15) is 18.7 Å². The molecule has 2 aromatic heterocycles. The fourth-order valence-electron chi connectivity index (χ4n) is 5.12. The number of aliphatic hydroxyl groups is 1. The molecule has 0 bridgehead atoms. The lowest BCUT2D eigenvalue weighted by atomic mass is 9.93. The van der Waals surface area contributed by atoms with Crippen molar-refractivity contribution in [1.29, 1.82) is 0 Å². The third-order valence-electron chi connectivity index (χ3n) is 6.71. The summed E-state index contributed by atoms with van der Waals surface area (Å²) in [5.41, 5.74) is 0.541. The molecule has 5 rings (SSSR count). The van der Waals surface area contributed by atoms with Gasteiger partial charge in [-0.3, -0.25) is 4.79 Å². The van der Waals surface area contributed by atoms with Gasteiger partial charge in [-0.15, -0.1) is 0 Å². The monoisotopic (exact) mass is 458 g/mol. The number of hydrogen-bond donors (Lipinski definition) is 2. The number of nitrogens with zero attached hydrogens (tertiary/aromatic N) is 3. The van der Waals surface area contributed by atoms with E-state index in [1.165, 1.54) is 10.7 Å². The van der Waals surface area contributed by atoms with Gasteiger partial charge < -0.3 is 15.3 Å². The molecule has 2 aliphatic rings. The summed E-state index contributed by atoms with van der Waals surface area (Å²) in [5, 5.41) is 16.9. The average molecular weight is 458 g/mol. The van der Waals surface area contributed by atoms with E-state index in [0.29, 0.717) is 32.2 Å². The number of halogens is 3. The maximum absolute atomic E-state index is 15.8. The molecule has 1 amide bonds. The highest BCUT2D eigenvalue weighted by Crippen LogP contribution is 2.39. The number of carbonyl (C=O) groups excluding carboxylic acids is 1. The van der Waals surface area contributed by atoms with Crippen LogP contribution in [-0.2, 0) is 0 Å². The number of amides is 1. The van der Waals surface area contributed by atoms with Crippen LogP contribution in [0.4, 0.5) is 18.9 Å². The van der Waals surface area contributed by atoms with Gasteiger partial charge in [-0.2, -0.15) is 5.10 Å². The zero-order valence-corrected chi connectivity index (χ0v) is 18.0. The van der Waals surface area contributed by atoms with Crippen LogP contribution < -0.4 is 10.2 Å². The fourth-order valence-corrected chi connectivity index (χ4v) is 5.12. The number of aliphatic hydroxyl groups excluding tert-OH is 1. The average Bonchev–Trinajstić information content (AvgIpc) is 3.43. The molecule has 0 radical (unpaired) electrons. The molecule has 3 atom stereocenters. The molecule has 1 saturated carbocycles. The minimum Gasteiger partial charge on any atom is -0.393 e. The highest BCUT2D eigenvalue weighted by molar-refractivity contribution is 6.01. The number of anilines is 1. The Labute approximate surface area is 189 Å². The molecule has 1 aliphatic carbocycles. The van der Waals surface area contributed by atoms with Crippen LogP contribution in [0.25, 0.3) is 5.52 Å². The fraction of sp³-hybridized carbons (Fsp3) is 0.417. The summed E-state index contributed by atoms with van der Waals surface area (Å²) in [4.78, 5) is 14.7. The van der Waals surface area contributed by atoms with Crippen LogP contribution in [0, 0.1) is 17.5 Å². The van der Waals surface area contributed by atoms with Gasteiger partial charge in [-0.25, -0.2) is 17.7 Å². The lowest BCUT2D eigenvalue weighted by molar-refractivity contribution is 0.0851. The van der Waals surface area contributed by atoms with Crippen molar-refractivity contribution in [1.82, 2.24) is 14.9 Å². The lowest BCUT2D eigenvalue weighted by Gasteiger charge is -2.28.